The van der Waals surface area contributed by atoms with Crippen LogP contribution in [0.1, 0.15) is 18.9 Å². The monoisotopic (exact) mass is 339 g/mol. The lowest BCUT2D eigenvalue weighted by molar-refractivity contribution is -0.123. The largest absolute Gasteiger partial charge is 0.483 e. The number of carbonyl (C=O) groups is 2. The molecule has 0 unspecified atom stereocenters. The molecule has 0 saturated carbocycles. The number of aryl methyl sites for hydroxylation is 1. The molecule has 0 radical (unpaired) electrons. The fourth-order valence-corrected chi connectivity index (χ4v) is 2.05. The Kier molecular flexibility index (Phi) is 6.71. The van der Waals surface area contributed by atoms with E-state index in [1.54, 1.807) is 25.1 Å². The first-order valence-electron chi connectivity index (χ1n) is 7.90. The number of hydrazone groups is 1. The van der Waals surface area contributed by atoms with Crippen molar-refractivity contribution in [2.45, 2.75) is 20.3 Å². The summed E-state index contributed by atoms with van der Waals surface area (Å²) in [5.74, 6) is 0.0736. The van der Waals surface area contributed by atoms with Crippen molar-refractivity contribution in [2.24, 2.45) is 5.10 Å². The number of carbonyl (C=O) groups excluding carboxylic acids is 2. The molecule has 6 nitrogen and oxygen atoms in total. The number of nitrogens with zero attached hydrogens (tertiary/aromatic N) is 1. The van der Waals surface area contributed by atoms with Crippen molar-refractivity contribution >= 4 is 23.2 Å². The first-order valence-corrected chi connectivity index (χ1v) is 7.90. The second-order valence-electron chi connectivity index (χ2n) is 5.53. The molecule has 130 valence electrons. The average molecular weight is 339 g/mol. The molecule has 2 aromatic rings. The average Bonchev–Trinajstić information content (AvgIpc) is 2.60. The molecule has 0 aliphatic carbocycles. The fourth-order valence-electron chi connectivity index (χ4n) is 2.05. The molecule has 0 bridgehead atoms. The van der Waals surface area contributed by atoms with Crippen LogP contribution in [0.15, 0.2) is 59.7 Å². The van der Waals surface area contributed by atoms with Crippen LogP contribution in [0, 0.1) is 6.92 Å². The first-order chi connectivity index (χ1) is 12.0. The summed E-state index contributed by atoms with van der Waals surface area (Å²) < 4.78 is 5.43. The molecule has 0 aliphatic rings. The Balaban J connectivity index is 1.75. The lowest BCUT2D eigenvalue weighted by Crippen LogP contribution is -2.26. The van der Waals surface area contributed by atoms with Crippen LogP contribution in [0.25, 0.3) is 0 Å². The van der Waals surface area contributed by atoms with E-state index in [0.29, 0.717) is 11.5 Å². The van der Waals surface area contributed by atoms with Gasteiger partial charge in [-0.25, -0.2) is 5.43 Å². The minimum absolute atomic E-state index is 0.0911. The topological polar surface area (TPSA) is 79.8 Å². The molecule has 2 rings (SSSR count). The van der Waals surface area contributed by atoms with Crippen molar-refractivity contribution in [1.82, 2.24) is 5.43 Å². The van der Waals surface area contributed by atoms with E-state index in [1.807, 2.05) is 43.3 Å². The van der Waals surface area contributed by atoms with Crippen LogP contribution >= 0.6 is 0 Å². The van der Waals surface area contributed by atoms with E-state index in [1.165, 1.54) is 0 Å². The molecule has 6 heteroatoms. The molecule has 0 fully saturated rings. The molecule has 2 aromatic carbocycles. The van der Waals surface area contributed by atoms with Crippen LogP contribution in [0.4, 0.5) is 5.69 Å². The number of hydrogen-bond acceptors (Lipinski definition) is 4. The van der Waals surface area contributed by atoms with Gasteiger partial charge in [-0.2, -0.15) is 5.10 Å². The SMILES string of the molecule is C/C(CC(=O)Nc1ccccc1)=N\NC(=O)COc1ccccc1C. The van der Waals surface area contributed by atoms with Gasteiger partial charge in [0, 0.05) is 11.4 Å². The Morgan fingerprint density at radius 2 is 1.68 bits per heavy atom. The molecule has 0 aromatic heterocycles. The zero-order valence-corrected chi connectivity index (χ0v) is 14.3. The van der Waals surface area contributed by atoms with Gasteiger partial charge in [0.05, 0.1) is 6.42 Å². The summed E-state index contributed by atoms with van der Waals surface area (Å²) >= 11 is 0. The van der Waals surface area contributed by atoms with E-state index >= 15 is 0 Å². The van der Waals surface area contributed by atoms with Crippen molar-refractivity contribution in [3.05, 3.63) is 60.2 Å². The predicted octanol–water partition coefficient (Wildman–Crippen LogP) is 2.89. The van der Waals surface area contributed by atoms with Gasteiger partial charge in [-0.3, -0.25) is 9.59 Å². The Bertz CT molecular complexity index is 758. The Labute approximate surface area is 146 Å². The number of amides is 2. The summed E-state index contributed by atoms with van der Waals surface area (Å²) in [5.41, 5.74) is 4.55. The third-order valence-corrected chi connectivity index (χ3v) is 3.30. The third-order valence-electron chi connectivity index (χ3n) is 3.30. The van der Waals surface area contributed by atoms with Gasteiger partial charge >= 0.3 is 0 Å². The lowest BCUT2D eigenvalue weighted by atomic mass is 10.2. The van der Waals surface area contributed by atoms with Gasteiger partial charge < -0.3 is 10.1 Å². The van der Waals surface area contributed by atoms with Crippen molar-refractivity contribution < 1.29 is 14.3 Å². The third kappa shape index (κ3) is 6.47. The maximum Gasteiger partial charge on any atom is 0.277 e. The summed E-state index contributed by atoms with van der Waals surface area (Å²) in [7, 11) is 0. The van der Waals surface area contributed by atoms with Gasteiger partial charge in [0.15, 0.2) is 6.61 Å². The van der Waals surface area contributed by atoms with Crippen LogP contribution < -0.4 is 15.5 Å². The van der Waals surface area contributed by atoms with Gasteiger partial charge in [0.25, 0.3) is 5.91 Å². The van der Waals surface area contributed by atoms with Gasteiger partial charge in [-0.05, 0) is 37.6 Å². The van der Waals surface area contributed by atoms with Gasteiger partial charge in [-0.15, -0.1) is 0 Å². The molecule has 0 spiro atoms. The number of benzene rings is 2. The van der Waals surface area contributed by atoms with Crippen molar-refractivity contribution in [2.75, 3.05) is 11.9 Å². The Morgan fingerprint density at radius 1 is 1.00 bits per heavy atom. The molecule has 0 saturated heterocycles. The van der Waals surface area contributed by atoms with Crippen molar-refractivity contribution in [3.63, 3.8) is 0 Å². The zero-order chi connectivity index (χ0) is 18.1. The van der Waals surface area contributed by atoms with Crippen LogP contribution in [0.5, 0.6) is 5.75 Å². The van der Waals surface area contributed by atoms with E-state index in [4.69, 9.17) is 4.74 Å². The number of nitrogens with one attached hydrogen (secondary N) is 2. The highest BCUT2D eigenvalue weighted by Gasteiger charge is 2.06. The minimum Gasteiger partial charge on any atom is -0.483 e. The standard InChI is InChI=1S/C19H21N3O3/c1-14-8-6-7-11-17(14)25-13-19(24)22-21-15(2)12-18(23)20-16-9-4-3-5-10-16/h3-11H,12-13H2,1-2H3,(H,20,23)(H,22,24)/b21-15+. The maximum atomic E-state index is 11.9. The highest BCUT2D eigenvalue weighted by Crippen LogP contribution is 2.15. The number of hydrogen-bond donors (Lipinski definition) is 2. The molecule has 25 heavy (non-hydrogen) atoms. The Morgan fingerprint density at radius 3 is 2.40 bits per heavy atom. The van der Waals surface area contributed by atoms with Crippen LogP contribution in [-0.2, 0) is 9.59 Å². The number of anilines is 1. The van der Waals surface area contributed by atoms with E-state index in [9.17, 15) is 9.59 Å². The zero-order valence-electron chi connectivity index (χ0n) is 14.3. The van der Waals surface area contributed by atoms with Gasteiger partial charge in [-0.1, -0.05) is 36.4 Å². The molecule has 0 aliphatic heterocycles. The molecular weight excluding hydrogens is 318 g/mol. The van der Waals surface area contributed by atoms with E-state index in [-0.39, 0.29) is 24.8 Å². The van der Waals surface area contributed by atoms with Gasteiger partial charge in [0.2, 0.25) is 5.91 Å². The smallest absolute Gasteiger partial charge is 0.277 e. The second-order valence-corrected chi connectivity index (χ2v) is 5.53. The number of rotatable bonds is 7. The summed E-state index contributed by atoms with van der Waals surface area (Å²) in [6, 6.07) is 16.6. The van der Waals surface area contributed by atoms with E-state index in [2.05, 4.69) is 15.8 Å². The Hall–Kier alpha value is -3.15. The summed E-state index contributed by atoms with van der Waals surface area (Å²) in [4.78, 5) is 23.7. The highest BCUT2D eigenvalue weighted by molar-refractivity contribution is 6.05. The summed E-state index contributed by atoms with van der Waals surface area (Å²) in [6.07, 6.45) is 0.0911. The normalized spacial score (nSPS) is 10.9. The first kappa shape index (κ1) is 18.2. The second kappa shape index (κ2) is 9.22. The highest BCUT2D eigenvalue weighted by atomic mass is 16.5. The number of ether oxygens (including phenoxy) is 1. The van der Waals surface area contributed by atoms with Crippen molar-refractivity contribution in [3.8, 4) is 5.75 Å². The maximum absolute atomic E-state index is 11.9. The van der Waals surface area contributed by atoms with E-state index in [0.717, 1.165) is 11.3 Å². The van der Waals surface area contributed by atoms with E-state index < -0.39 is 0 Å². The molecule has 2 N–H and O–H groups in total. The fraction of sp³-hybridized carbons (Fsp3) is 0.211. The lowest BCUT2D eigenvalue weighted by Gasteiger charge is -2.08. The van der Waals surface area contributed by atoms with Crippen LogP contribution in [0.2, 0.25) is 0 Å². The summed E-state index contributed by atoms with van der Waals surface area (Å²) in [6.45, 7) is 3.44. The van der Waals surface area contributed by atoms with Crippen molar-refractivity contribution in [1.29, 1.82) is 0 Å². The van der Waals surface area contributed by atoms with Crippen LogP contribution in [0.3, 0.4) is 0 Å². The van der Waals surface area contributed by atoms with Gasteiger partial charge in [0.1, 0.15) is 5.75 Å². The quantitative estimate of drug-likeness (QED) is 0.601. The molecule has 2 amide bonds. The minimum atomic E-state index is -0.383. The van der Waals surface area contributed by atoms with Crippen LogP contribution in [-0.4, -0.2) is 24.1 Å². The molecule has 0 heterocycles. The molecular formula is C19H21N3O3. The summed E-state index contributed by atoms with van der Waals surface area (Å²) in [5, 5.41) is 6.67. The predicted molar refractivity (Wildman–Crippen MR) is 97.6 cm³/mol. The number of para-hydroxylation sites is 2. The molecule has 0 atom stereocenters.